The van der Waals surface area contributed by atoms with Gasteiger partial charge in [-0.15, -0.1) is 0 Å². The number of carboxylic acids is 1. The summed E-state index contributed by atoms with van der Waals surface area (Å²) in [5.41, 5.74) is 0. The molecule has 3 unspecified atom stereocenters. The Labute approximate surface area is 261 Å². The summed E-state index contributed by atoms with van der Waals surface area (Å²) in [6.45, 7) is 1.72. The van der Waals surface area contributed by atoms with E-state index in [1.165, 1.54) is 32.1 Å². The van der Waals surface area contributed by atoms with E-state index in [0.717, 1.165) is 58.2 Å². The van der Waals surface area contributed by atoms with Gasteiger partial charge in [0.2, 0.25) is 0 Å². The van der Waals surface area contributed by atoms with Crippen LogP contribution in [-0.4, -0.2) is 42.3 Å². The lowest BCUT2D eigenvalue weighted by Gasteiger charge is -2.34. The number of carbonyl (C=O) groups excluding carboxylic acids is 1. The molecule has 0 amide bonds. The van der Waals surface area contributed by atoms with E-state index in [0.29, 0.717) is 32.1 Å². The molecule has 0 aromatic rings. The van der Waals surface area contributed by atoms with E-state index in [4.69, 9.17) is 9.47 Å². The molecule has 43 heavy (non-hydrogen) atoms. The molecule has 5 nitrogen and oxygen atoms in total. The monoisotopic (exact) mass is 592 g/mol. The average molecular weight is 593 g/mol. The zero-order valence-electron chi connectivity index (χ0n) is 26.3. The molecule has 1 fully saturated rings. The quantitative estimate of drug-likeness (QED) is 0.328. The van der Waals surface area contributed by atoms with Crippen LogP contribution >= 0.6 is 0 Å². The Balaban J connectivity index is 1.81. The van der Waals surface area contributed by atoms with Crippen molar-refractivity contribution in [1.29, 1.82) is 0 Å². The summed E-state index contributed by atoms with van der Waals surface area (Å²) < 4.78 is 12.0. The predicted octanol–water partition coefficient (Wildman–Crippen LogP) is 9.58. The van der Waals surface area contributed by atoms with E-state index in [1.807, 2.05) is 66.8 Å². The lowest BCUT2D eigenvalue weighted by Crippen LogP contribution is -2.40. The zero-order valence-corrected chi connectivity index (χ0v) is 26.3. The number of fused-ring (bicyclic) bond motifs is 2. The van der Waals surface area contributed by atoms with Crippen LogP contribution in [0.4, 0.5) is 0 Å². The van der Waals surface area contributed by atoms with Gasteiger partial charge in [-0.25, -0.2) is 0 Å². The summed E-state index contributed by atoms with van der Waals surface area (Å²) in [7, 11) is 0. The zero-order chi connectivity index (χ0) is 30.6. The van der Waals surface area contributed by atoms with Crippen LogP contribution in [0.2, 0.25) is 0 Å². The largest absolute Gasteiger partial charge is 0.481 e. The number of ether oxygens (including phenoxy) is 2. The second-order valence-corrected chi connectivity index (χ2v) is 11.6. The minimum Gasteiger partial charge on any atom is -0.481 e. The Morgan fingerprint density at radius 3 is 1.72 bits per heavy atom. The van der Waals surface area contributed by atoms with Crippen molar-refractivity contribution in [2.24, 2.45) is 5.92 Å². The van der Waals surface area contributed by atoms with Gasteiger partial charge in [0.15, 0.2) is 0 Å². The van der Waals surface area contributed by atoms with E-state index in [1.54, 1.807) is 0 Å². The number of allylic oxidation sites excluding steroid dienone is 14. The average Bonchev–Trinajstić information content (AvgIpc) is 2.99. The molecular weight excluding hydrogens is 536 g/mol. The number of rotatable bonds is 1. The van der Waals surface area contributed by atoms with Crippen molar-refractivity contribution in [2.75, 3.05) is 13.2 Å². The first kappa shape index (κ1) is 36.4. The molecule has 1 N–H and O–H groups in total. The Morgan fingerprint density at radius 2 is 1.12 bits per heavy atom. The van der Waals surface area contributed by atoms with E-state index >= 15 is 0 Å². The second-order valence-electron chi connectivity index (χ2n) is 11.6. The summed E-state index contributed by atoms with van der Waals surface area (Å²) in [5, 5.41) is 9.68. The van der Waals surface area contributed by atoms with Gasteiger partial charge in [0, 0.05) is 26.1 Å². The number of hydrogen-bond acceptors (Lipinski definition) is 4. The lowest BCUT2D eigenvalue weighted by atomic mass is 9.87. The standard InChI is InChI=1S/C38H56O5/c39-34-27-23-19-15-12-14-18-22-26-32-42-31-25-21-17-13-10-8-6-4-2-1-3-5-7-9-11-16-20-24-28-37-36(38(40)41)30-29-35(33-34)43-37/h1-11,13,16,20,35-37H,12,14-15,17-19,21-33H2,(H,40,41). The first-order valence-electron chi connectivity index (χ1n) is 16.8. The van der Waals surface area contributed by atoms with Crippen LogP contribution in [0.5, 0.6) is 0 Å². The highest BCUT2D eigenvalue weighted by molar-refractivity contribution is 5.79. The maximum Gasteiger partial charge on any atom is 0.309 e. The normalized spacial score (nSPS) is 25.9. The van der Waals surface area contributed by atoms with Gasteiger partial charge >= 0.3 is 5.97 Å². The van der Waals surface area contributed by atoms with Gasteiger partial charge in [-0.05, 0) is 57.8 Å². The highest BCUT2D eigenvalue weighted by Gasteiger charge is 2.35. The van der Waals surface area contributed by atoms with Crippen LogP contribution < -0.4 is 0 Å². The maximum absolute atomic E-state index is 12.6. The van der Waals surface area contributed by atoms with Gasteiger partial charge < -0.3 is 14.6 Å². The van der Waals surface area contributed by atoms with Crippen molar-refractivity contribution in [1.82, 2.24) is 0 Å². The molecule has 2 rings (SSSR count). The number of carbonyl (C=O) groups is 2. The molecule has 0 spiro atoms. The molecule has 2 heterocycles. The van der Waals surface area contributed by atoms with Gasteiger partial charge in [-0.2, -0.15) is 0 Å². The third-order valence-electron chi connectivity index (χ3n) is 7.90. The lowest BCUT2D eigenvalue weighted by molar-refractivity contribution is -0.158. The first-order chi connectivity index (χ1) is 21.2. The van der Waals surface area contributed by atoms with Gasteiger partial charge in [-0.1, -0.05) is 124 Å². The summed E-state index contributed by atoms with van der Waals surface area (Å²) in [6, 6.07) is 0. The first-order valence-corrected chi connectivity index (χ1v) is 16.8. The molecule has 0 radical (unpaired) electrons. The number of ketones is 1. The minimum absolute atomic E-state index is 0.154. The predicted molar refractivity (Wildman–Crippen MR) is 178 cm³/mol. The van der Waals surface area contributed by atoms with Crippen LogP contribution in [-0.2, 0) is 19.1 Å². The number of aliphatic carboxylic acids is 1. The van der Waals surface area contributed by atoms with Crippen LogP contribution in [0.1, 0.15) is 109 Å². The molecule has 5 heteroatoms. The van der Waals surface area contributed by atoms with Crippen molar-refractivity contribution >= 4 is 11.8 Å². The molecule has 1 saturated heterocycles. The van der Waals surface area contributed by atoms with Gasteiger partial charge in [-0.3, -0.25) is 9.59 Å². The summed E-state index contributed by atoms with van der Waals surface area (Å²) >= 11 is 0. The molecule has 0 aliphatic carbocycles. The fourth-order valence-corrected chi connectivity index (χ4v) is 5.43. The Bertz CT molecular complexity index is 951. The molecule has 0 aromatic carbocycles. The van der Waals surface area contributed by atoms with E-state index < -0.39 is 11.9 Å². The van der Waals surface area contributed by atoms with Gasteiger partial charge in [0.05, 0.1) is 18.1 Å². The van der Waals surface area contributed by atoms with Crippen molar-refractivity contribution in [3.63, 3.8) is 0 Å². The van der Waals surface area contributed by atoms with Crippen LogP contribution in [0.15, 0.2) is 85.1 Å². The van der Waals surface area contributed by atoms with Crippen molar-refractivity contribution in [3.05, 3.63) is 85.1 Å². The topological polar surface area (TPSA) is 72.8 Å². The molecular formula is C38H56O5. The molecule has 238 valence electrons. The highest BCUT2D eigenvalue weighted by Crippen LogP contribution is 2.30. The van der Waals surface area contributed by atoms with Crippen LogP contribution in [0.3, 0.4) is 0 Å². The van der Waals surface area contributed by atoms with E-state index in [9.17, 15) is 14.7 Å². The summed E-state index contributed by atoms with van der Waals surface area (Å²) in [6.07, 6.45) is 44.1. The fraction of sp³-hybridized carbons (Fsp3) is 0.579. The highest BCUT2D eigenvalue weighted by atomic mass is 16.5. The van der Waals surface area contributed by atoms with E-state index in [-0.39, 0.29) is 18.0 Å². The number of hydrogen-bond donors (Lipinski definition) is 1. The molecule has 2 bridgehead atoms. The third-order valence-corrected chi connectivity index (χ3v) is 7.90. The Morgan fingerprint density at radius 1 is 0.605 bits per heavy atom. The van der Waals surface area contributed by atoms with E-state index in [2.05, 4.69) is 18.2 Å². The SMILES string of the molecule is O=C1CCCCCCCCCCOCCCCC=CC=CC=CC=CC=CC=CC=CCCC2OC(CCC2C(=O)O)C1. The Kier molecular flexibility index (Phi) is 21.8. The van der Waals surface area contributed by atoms with Crippen molar-refractivity contribution in [2.45, 2.75) is 121 Å². The minimum atomic E-state index is -0.798. The molecule has 0 saturated carbocycles. The molecule has 0 aromatic heterocycles. The van der Waals surface area contributed by atoms with Crippen LogP contribution in [0, 0.1) is 5.92 Å². The maximum atomic E-state index is 12.6. The molecule has 2 aliphatic rings. The second kappa shape index (κ2) is 25.7. The third kappa shape index (κ3) is 19.9. The molecule has 3 atom stereocenters. The number of carboxylic acid groups (broad SMARTS) is 1. The fourth-order valence-electron chi connectivity index (χ4n) is 5.43. The summed E-state index contributed by atoms with van der Waals surface area (Å²) in [4.78, 5) is 24.4. The number of Topliss-reactive ketones (excluding diaryl/α,β-unsaturated/α-hetero) is 1. The van der Waals surface area contributed by atoms with Crippen LogP contribution in [0.25, 0.3) is 0 Å². The smallest absolute Gasteiger partial charge is 0.309 e. The van der Waals surface area contributed by atoms with Gasteiger partial charge in [0.25, 0.3) is 0 Å². The van der Waals surface area contributed by atoms with Gasteiger partial charge in [0.1, 0.15) is 5.78 Å². The molecule has 2 aliphatic heterocycles. The summed E-state index contributed by atoms with van der Waals surface area (Å²) in [5.74, 6) is -1.05. The van der Waals surface area contributed by atoms with Crippen molar-refractivity contribution in [3.8, 4) is 0 Å². The Hall–Kier alpha value is -2.76. The van der Waals surface area contributed by atoms with Crippen molar-refractivity contribution < 1.29 is 24.2 Å².